The number of carbonyl (C=O) groups is 2. The molecule has 3 heterocycles. The number of nitrogens with one attached hydrogen (secondary N) is 1. The van der Waals surface area contributed by atoms with Crippen LogP contribution >= 0.6 is 22.9 Å². The van der Waals surface area contributed by atoms with Crippen molar-refractivity contribution < 1.29 is 14.3 Å². The molecule has 0 aliphatic carbocycles. The van der Waals surface area contributed by atoms with E-state index in [1.807, 2.05) is 29.3 Å². The number of rotatable bonds is 5. The highest BCUT2D eigenvalue weighted by atomic mass is 35.5. The first-order chi connectivity index (χ1) is 17.2. The number of hydrogen-bond acceptors (Lipinski definition) is 5. The summed E-state index contributed by atoms with van der Waals surface area (Å²) >= 11 is 8.33. The second kappa shape index (κ2) is 11.0. The highest BCUT2D eigenvalue weighted by molar-refractivity contribution is 7.14. The molecule has 0 unspecified atom stereocenters. The number of hydrogen-bond donors (Lipinski definition) is 1. The van der Waals surface area contributed by atoms with Crippen LogP contribution in [0.25, 0.3) is 21.6 Å². The summed E-state index contributed by atoms with van der Waals surface area (Å²) in [6.45, 7) is 9.74. The van der Waals surface area contributed by atoms with E-state index in [4.69, 9.17) is 16.3 Å². The van der Waals surface area contributed by atoms with Crippen molar-refractivity contribution in [1.82, 2.24) is 15.2 Å². The summed E-state index contributed by atoms with van der Waals surface area (Å²) in [6.07, 6.45) is 2.85. The lowest BCUT2D eigenvalue weighted by atomic mass is 9.90. The molecule has 0 atom stereocenters. The van der Waals surface area contributed by atoms with E-state index in [0.29, 0.717) is 43.1 Å². The standard InChI is InChI=1S/C28H32ClN3O3S/c1-5-35-27(34)31-21-9-12-32(13-10-21)26(33)19-6-7-22(23(29)14-19)20-15-24(36-17-20)18-8-11-30-25(16-18)28(2,3)4/h6-8,11,14-17,21H,5,9-10,12-13H2,1-4H3,(H,31,34). The number of ether oxygens (including phenoxy) is 1. The molecule has 36 heavy (non-hydrogen) atoms. The van der Waals surface area contributed by atoms with Crippen LogP contribution < -0.4 is 5.32 Å². The van der Waals surface area contributed by atoms with Crippen LogP contribution in [0.3, 0.4) is 0 Å². The Balaban J connectivity index is 1.44. The maximum atomic E-state index is 13.1. The van der Waals surface area contributed by atoms with Gasteiger partial charge in [-0.15, -0.1) is 11.3 Å². The molecule has 2 amide bonds. The van der Waals surface area contributed by atoms with Crippen molar-refractivity contribution in [2.75, 3.05) is 19.7 Å². The molecular weight excluding hydrogens is 494 g/mol. The van der Waals surface area contributed by atoms with Crippen molar-refractivity contribution in [2.24, 2.45) is 0 Å². The summed E-state index contributed by atoms with van der Waals surface area (Å²) < 4.78 is 4.95. The molecule has 4 rings (SSSR count). The van der Waals surface area contributed by atoms with Crippen molar-refractivity contribution in [3.05, 3.63) is 64.3 Å². The predicted molar refractivity (Wildman–Crippen MR) is 146 cm³/mol. The van der Waals surface area contributed by atoms with E-state index in [1.165, 1.54) is 0 Å². The van der Waals surface area contributed by atoms with Gasteiger partial charge in [0, 0.05) is 57.5 Å². The van der Waals surface area contributed by atoms with Crippen LogP contribution in [0.15, 0.2) is 48.0 Å². The molecule has 0 spiro atoms. The monoisotopic (exact) mass is 525 g/mol. The number of thiophene rings is 1. The Hall–Kier alpha value is -2.90. The van der Waals surface area contributed by atoms with E-state index in [9.17, 15) is 9.59 Å². The average Bonchev–Trinajstić information content (AvgIpc) is 3.34. The topological polar surface area (TPSA) is 71.5 Å². The van der Waals surface area contributed by atoms with E-state index in [-0.39, 0.29) is 17.4 Å². The molecule has 1 aliphatic rings. The number of aromatic nitrogens is 1. The average molecular weight is 526 g/mol. The SMILES string of the molecule is CCOC(=O)NC1CCN(C(=O)c2ccc(-c3csc(-c4ccnc(C(C)(C)C)c4)c3)c(Cl)c2)CC1. The third-order valence-electron chi connectivity index (χ3n) is 6.32. The molecule has 1 aliphatic heterocycles. The maximum Gasteiger partial charge on any atom is 0.407 e. The summed E-state index contributed by atoms with van der Waals surface area (Å²) in [6, 6.07) is 11.8. The number of likely N-dealkylation sites (tertiary alicyclic amines) is 1. The van der Waals surface area contributed by atoms with Gasteiger partial charge in [0.15, 0.2) is 0 Å². The molecule has 1 fully saturated rings. The third kappa shape index (κ3) is 6.08. The van der Waals surface area contributed by atoms with E-state index >= 15 is 0 Å². The van der Waals surface area contributed by atoms with E-state index in [2.05, 4.69) is 48.6 Å². The van der Waals surface area contributed by atoms with Crippen molar-refractivity contribution in [1.29, 1.82) is 0 Å². The smallest absolute Gasteiger partial charge is 0.407 e. The zero-order valence-corrected chi connectivity index (χ0v) is 22.7. The van der Waals surface area contributed by atoms with Gasteiger partial charge in [-0.25, -0.2) is 4.79 Å². The highest BCUT2D eigenvalue weighted by Crippen LogP contribution is 2.37. The van der Waals surface area contributed by atoms with Gasteiger partial charge in [0.1, 0.15) is 0 Å². The molecule has 1 N–H and O–H groups in total. The Labute approximate surface area is 221 Å². The van der Waals surface area contributed by atoms with Crippen LogP contribution in [0.1, 0.15) is 56.6 Å². The van der Waals surface area contributed by atoms with Crippen LogP contribution in [0.4, 0.5) is 4.79 Å². The van der Waals surface area contributed by atoms with Gasteiger partial charge < -0.3 is 15.0 Å². The van der Waals surface area contributed by atoms with Gasteiger partial charge in [-0.3, -0.25) is 9.78 Å². The summed E-state index contributed by atoms with van der Waals surface area (Å²) in [7, 11) is 0. The van der Waals surface area contributed by atoms with Gasteiger partial charge >= 0.3 is 6.09 Å². The fourth-order valence-electron chi connectivity index (χ4n) is 4.25. The van der Waals surface area contributed by atoms with Gasteiger partial charge in [0.2, 0.25) is 0 Å². The lowest BCUT2D eigenvalue weighted by molar-refractivity contribution is 0.0702. The van der Waals surface area contributed by atoms with Crippen molar-refractivity contribution >= 4 is 34.9 Å². The lowest BCUT2D eigenvalue weighted by Gasteiger charge is -2.32. The van der Waals surface area contributed by atoms with Gasteiger partial charge in [0.05, 0.1) is 6.61 Å². The zero-order chi connectivity index (χ0) is 25.9. The zero-order valence-electron chi connectivity index (χ0n) is 21.1. The normalized spacial score (nSPS) is 14.5. The molecule has 0 radical (unpaired) electrons. The minimum absolute atomic E-state index is 0.0194. The van der Waals surface area contributed by atoms with Crippen molar-refractivity contribution in [3.8, 4) is 21.6 Å². The Kier molecular flexibility index (Phi) is 8.00. The lowest BCUT2D eigenvalue weighted by Crippen LogP contribution is -2.46. The molecule has 0 saturated carbocycles. The van der Waals surface area contributed by atoms with E-state index < -0.39 is 6.09 Å². The van der Waals surface area contributed by atoms with Crippen LogP contribution in [-0.2, 0) is 10.2 Å². The first-order valence-corrected chi connectivity index (χ1v) is 13.5. The fraction of sp³-hybridized carbons (Fsp3) is 0.393. The van der Waals surface area contributed by atoms with Crippen LogP contribution in [0, 0.1) is 0 Å². The molecule has 190 valence electrons. The fourth-order valence-corrected chi connectivity index (χ4v) is 5.45. The number of carbonyl (C=O) groups excluding carboxylic acids is 2. The number of alkyl carbamates (subject to hydrolysis) is 1. The van der Waals surface area contributed by atoms with Gasteiger partial charge in [0.25, 0.3) is 5.91 Å². The van der Waals surface area contributed by atoms with Gasteiger partial charge in [-0.2, -0.15) is 0 Å². The Morgan fingerprint density at radius 1 is 1.14 bits per heavy atom. The largest absolute Gasteiger partial charge is 0.450 e. The second-order valence-corrected chi connectivity index (χ2v) is 11.3. The molecule has 0 bridgehead atoms. The van der Waals surface area contributed by atoms with E-state index in [0.717, 1.165) is 27.3 Å². The number of halogens is 1. The quantitative estimate of drug-likeness (QED) is 0.398. The summed E-state index contributed by atoms with van der Waals surface area (Å²) in [5.74, 6) is -0.0458. The van der Waals surface area contributed by atoms with Gasteiger partial charge in [-0.05, 0) is 66.6 Å². The predicted octanol–water partition coefficient (Wildman–Crippen LogP) is 6.78. The maximum absolute atomic E-state index is 13.1. The van der Waals surface area contributed by atoms with E-state index in [1.54, 1.807) is 24.3 Å². The molecule has 1 aromatic carbocycles. The van der Waals surface area contributed by atoms with Crippen LogP contribution in [0.2, 0.25) is 5.02 Å². The third-order valence-corrected chi connectivity index (χ3v) is 7.61. The molecule has 3 aromatic rings. The number of benzene rings is 1. The van der Waals surface area contributed by atoms with Crippen LogP contribution in [0.5, 0.6) is 0 Å². The summed E-state index contributed by atoms with van der Waals surface area (Å²) in [5.41, 5.74) is 4.66. The molecule has 2 aromatic heterocycles. The summed E-state index contributed by atoms with van der Waals surface area (Å²) in [4.78, 5) is 32.2. The highest BCUT2D eigenvalue weighted by Gasteiger charge is 2.25. The molecule has 1 saturated heterocycles. The minimum Gasteiger partial charge on any atom is -0.450 e. The minimum atomic E-state index is -0.403. The van der Waals surface area contributed by atoms with Crippen molar-refractivity contribution in [3.63, 3.8) is 0 Å². The Morgan fingerprint density at radius 3 is 2.56 bits per heavy atom. The van der Waals surface area contributed by atoms with Crippen LogP contribution in [-0.4, -0.2) is 47.6 Å². The summed E-state index contributed by atoms with van der Waals surface area (Å²) in [5, 5.41) is 5.50. The number of pyridine rings is 1. The molecule has 8 heteroatoms. The Morgan fingerprint density at radius 2 is 1.89 bits per heavy atom. The van der Waals surface area contributed by atoms with Gasteiger partial charge in [-0.1, -0.05) is 38.4 Å². The second-order valence-electron chi connectivity index (χ2n) is 10.0. The molecular formula is C28H32ClN3O3S. The first kappa shape index (κ1) is 26.2. The number of piperidine rings is 1. The van der Waals surface area contributed by atoms with Crippen molar-refractivity contribution in [2.45, 2.75) is 52.0 Å². The first-order valence-electron chi connectivity index (χ1n) is 12.2. The Bertz CT molecular complexity index is 1240. The number of amides is 2. The molecule has 6 nitrogen and oxygen atoms in total. The number of nitrogens with zero attached hydrogens (tertiary/aromatic N) is 2.